The van der Waals surface area contributed by atoms with Gasteiger partial charge < -0.3 is 10.2 Å². The maximum Gasteiger partial charge on any atom is 0.0746 e. The second-order valence-corrected chi connectivity index (χ2v) is 11.6. The topological polar surface area (TPSA) is 40.5 Å². The standard InChI is InChI=1S/C16H24O2S4/c17-7-13-9-19-15(21-13)5-11-1-2-12(4-3-11)6-16-20-10-14(8-18)22-16/h9-12,15-18H,1-8H2. The van der Waals surface area contributed by atoms with E-state index in [-0.39, 0.29) is 13.2 Å². The fraction of sp³-hybridized carbons (Fsp3) is 0.750. The first-order valence-electron chi connectivity index (χ1n) is 8.01. The summed E-state index contributed by atoms with van der Waals surface area (Å²) >= 11 is 7.55. The summed E-state index contributed by atoms with van der Waals surface area (Å²) < 4.78 is 1.28. The number of aliphatic hydroxyl groups is 2. The lowest BCUT2D eigenvalue weighted by atomic mass is 9.80. The minimum Gasteiger partial charge on any atom is -0.391 e. The van der Waals surface area contributed by atoms with Gasteiger partial charge in [-0.15, -0.1) is 47.0 Å². The molecule has 0 aromatic heterocycles. The van der Waals surface area contributed by atoms with E-state index in [1.807, 2.05) is 47.0 Å². The van der Waals surface area contributed by atoms with E-state index in [2.05, 4.69) is 10.8 Å². The first kappa shape index (κ1) is 17.6. The van der Waals surface area contributed by atoms with Gasteiger partial charge in [0.25, 0.3) is 0 Å². The Balaban J connectivity index is 1.33. The minimum absolute atomic E-state index is 0.210. The van der Waals surface area contributed by atoms with E-state index in [0.29, 0.717) is 9.16 Å². The van der Waals surface area contributed by atoms with Crippen molar-refractivity contribution in [3.05, 3.63) is 20.6 Å². The molecule has 1 fully saturated rings. The molecule has 2 nitrogen and oxygen atoms in total. The van der Waals surface area contributed by atoms with Crippen LogP contribution in [0.1, 0.15) is 38.5 Å². The Kier molecular flexibility index (Phi) is 7.02. The summed E-state index contributed by atoms with van der Waals surface area (Å²) in [6, 6.07) is 0. The van der Waals surface area contributed by atoms with Crippen molar-refractivity contribution in [2.45, 2.75) is 47.7 Å². The Morgan fingerprint density at radius 1 is 0.773 bits per heavy atom. The van der Waals surface area contributed by atoms with Crippen LogP contribution in [0.5, 0.6) is 0 Å². The Labute approximate surface area is 150 Å². The van der Waals surface area contributed by atoms with Gasteiger partial charge in [-0.25, -0.2) is 0 Å². The highest BCUT2D eigenvalue weighted by molar-refractivity contribution is 8.23. The van der Waals surface area contributed by atoms with Crippen molar-refractivity contribution in [1.82, 2.24) is 0 Å². The molecule has 2 atom stereocenters. The molecule has 0 amide bonds. The van der Waals surface area contributed by atoms with Crippen LogP contribution in [0.2, 0.25) is 0 Å². The number of aliphatic hydroxyl groups excluding tert-OH is 2. The highest BCUT2D eigenvalue weighted by Gasteiger charge is 2.29. The van der Waals surface area contributed by atoms with Crippen LogP contribution >= 0.6 is 47.0 Å². The number of rotatable bonds is 6. The highest BCUT2D eigenvalue weighted by Crippen LogP contribution is 2.47. The molecule has 124 valence electrons. The van der Waals surface area contributed by atoms with Gasteiger partial charge in [0, 0.05) is 9.81 Å². The van der Waals surface area contributed by atoms with Gasteiger partial charge in [0.2, 0.25) is 0 Å². The summed E-state index contributed by atoms with van der Waals surface area (Å²) in [6.07, 6.45) is 8.09. The second kappa shape index (κ2) is 8.77. The predicted molar refractivity (Wildman–Crippen MR) is 103 cm³/mol. The summed E-state index contributed by atoms with van der Waals surface area (Å²) in [5, 5.41) is 22.6. The van der Waals surface area contributed by atoms with Gasteiger partial charge in [-0.05, 0) is 35.5 Å². The molecular weight excluding hydrogens is 352 g/mol. The summed E-state index contributed by atoms with van der Waals surface area (Å²) in [6.45, 7) is 0.420. The summed E-state index contributed by atoms with van der Waals surface area (Å²) in [5.41, 5.74) is 0. The van der Waals surface area contributed by atoms with Crippen LogP contribution < -0.4 is 0 Å². The van der Waals surface area contributed by atoms with Crippen molar-refractivity contribution in [3.8, 4) is 0 Å². The molecule has 2 aliphatic heterocycles. The smallest absolute Gasteiger partial charge is 0.0746 e. The van der Waals surface area contributed by atoms with E-state index >= 15 is 0 Å². The molecule has 0 saturated heterocycles. The molecule has 3 aliphatic rings. The first-order valence-corrected chi connectivity index (χ1v) is 11.7. The van der Waals surface area contributed by atoms with E-state index in [1.54, 1.807) is 0 Å². The number of hydrogen-bond donors (Lipinski definition) is 2. The molecule has 0 aromatic carbocycles. The van der Waals surface area contributed by atoms with Crippen LogP contribution in [0.15, 0.2) is 20.6 Å². The Morgan fingerprint density at radius 3 is 1.50 bits per heavy atom. The largest absolute Gasteiger partial charge is 0.391 e. The van der Waals surface area contributed by atoms with Crippen LogP contribution in [0.4, 0.5) is 0 Å². The summed E-state index contributed by atoms with van der Waals surface area (Å²) in [4.78, 5) is 2.29. The minimum atomic E-state index is 0.210. The zero-order valence-electron chi connectivity index (χ0n) is 12.6. The van der Waals surface area contributed by atoms with Crippen LogP contribution in [-0.4, -0.2) is 32.6 Å². The zero-order chi connectivity index (χ0) is 15.4. The lowest BCUT2D eigenvalue weighted by Gasteiger charge is -2.30. The third kappa shape index (κ3) is 4.90. The Bertz CT molecular complexity index is 390. The van der Waals surface area contributed by atoms with Gasteiger partial charge >= 0.3 is 0 Å². The number of thioether (sulfide) groups is 4. The molecule has 3 rings (SSSR count). The highest BCUT2D eigenvalue weighted by atomic mass is 32.2. The van der Waals surface area contributed by atoms with Crippen LogP contribution in [0, 0.1) is 11.8 Å². The fourth-order valence-corrected chi connectivity index (χ4v) is 8.74. The maximum absolute atomic E-state index is 9.17. The van der Waals surface area contributed by atoms with Gasteiger partial charge in [0.15, 0.2) is 0 Å². The monoisotopic (exact) mass is 376 g/mol. The van der Waals surface area contributed by atoms with Crippen LogP contribution in [0.25, 0.3) is 0 Å². The van der Waals surface area contributed by atoms with Crippen LogP contribution in [0.3, 0.4) is 0 Å². The van der Waals surface area contributed by atoms with Gasteiger partial charge in [0.1, 0.15) is 0 Å². The third-order valence-electron chi connectivity index (χ3n) is 4.60. The van der Waals surface area contributed by atoms with Crippen molar-refractivity contribution < 1.29 is 10.2 Å². The van der Waals surface area contributed by atoms with Crippen molar-refractivity contribution in [1.29, 1.82) is 0 Å². The normalized spacial score (nSPS) is 35.5. The molecule has 22 heavy (non-hydrogen) atoms. The van der Waals surface area contributed by atoms with Crippen molar-refractivity contribution in [2.75, 3.05) is 13.2 Å². The fourth-order valence-electron chi connectivity index (χ4n) is 3.36. The molecular formula is C16H24O2S4. The van der Waals surface area contributed by atoms with E-state index in [0.717, 1.165) is 21.6 Å². The van der Waals surface area contributed by atoms with Gasteiger partial charge in [-0.2, -0.15) is 0 Å². The third-order valence-corrected chi connectivity index (χ3v) is 9.98. The number of hydrogen-bond acceptors (Lipinski definition) is 6. The first-order chi connectivity index (χ1) is 10.8. The molecule has 0 aromatic rings. The second-order valence-electron chi connectivity index (χ2n) is 6.21. The average Bonchev–Trinajstić information content (AvgIpc) is 3.18. The van der Waals surface area contributed by atoms with Crippen LogP contribution in [-0.2, 0) is 0 Å². The molecule has 2 heterocycles. The molecule has 1 saturated carbocycles. The lowest BCUT2D eigenvalue weighted by molar-refractivity contribution is 0.263. The van der Waals surface area contributed by atoms with E-state index in [1.165, 1.54) is 38.5 Å². The van der Waals surface area contributed by atoms with Gasteiger partial charge in [-0.3, -0.25) is 0 Å². The lowest BCUT2D eigenvalue weighted by Crippen LogP contribution is -2.18. The van der Waals surface area contributed by atoms with E-state index in [9.17, 15) is 10.2 Å². The van der Waals surface area contributed by atoms with E-state index in [4.69, 9.17) is 0 Å². The maximum atomic E-state index is 9.17. The van der Waals surface area contributed by atoms with Gasteiger partial charge in [0.05, 0.1) is 22.4 Å². The molecule has 2 unspecified atom stereocenters. The van der Waals surface area contributed by atoms with Crippen molar-refractivity contribution in [2.24, 2.45) is 11.8 Å². The molecule has 0 radical (unpaired) electrons. The Morgan fingerprint density at radius 2 is 1.18 bits per heavy atom. The quantitative estimate of drug-likeness (QED) is 0.690. The molecule has 0 spiro atoms. The summed E-state index contributed by atoms with van der Waals surface area (Å²) in [7, 11) is 0. The SMILES string of the molecule is OCC1=CSC(CC2CCC(CC3SC=C(CO)S3)CC2)S1. The molecule has 1 aliphatic carbocycles. The molecule has 2 N–H and O–H groups in total. The van der Waals surface area contributed by atoms with Crippen molar-refractivity contribution >= 4 is 47.0 Å². The summed E-state index contributed by atoms with van der Waals surface area (Å²) in [5.74, 6) is 1.76. The predicted octanol–water partition coefficient (Wildman–Crippen LogP) is 4.85. The Hall–Kier alpha value is 0.800. The van der Waals surface area contributed by atoms with Gasteiger partial charge in [-0.1, -0.05) is 25.7 Å². The average molecular weight is 377 g/mol. The molecule has 0 bridgehead atoms. The molecule has 6 heteroatoms. The van der Waals surface area contributed by atoms with E-state index < -0.39 is 0 Å². The zero-order valence-corrected chi connectivity index (χ0v) is 15.9. The van der Waals surface area contributed by atoms with Crippen molar-refractivity contribution in [3.63, 3.8) is 0 Å².